The molecule has 0 atom stereocenters. The molecule has 108 valence electrons. The highest BCUT2D eigenvalue weighted by molar-refractivity contribution is 7.85. The van der Waals surface area contributed by atoms with E-state index in [1.807, 2.05) is 0 Å². The molecule has 0 bridgehead atoms. The van der Waals surface area contributed by atoms with E-state index in [0.29, 0.717) is 12.8 Å². The fourth-order valence-electron chi connectivity index (χ4n) is 1.17. The Hall–Kier alpha value is -0.720. The predicted octanol–water partition coefficient (Wildman–Crippen LogP) is 1.76. The second kappa shape index (κ2) is 11.4. The molecule has 0 amide bonds. The van der Waals surface area contributed by atoms with Gasteiger partial charge in [-0.25, -0.2) is 0 Å². The first kappa shape index (κ1) is 19.6. The van der Waals surface area contributed by atoms with Crippen LogP contribution in [0.25, 0.3) is 0 Å². The van der Waals surface area contributed by atoms with Gasteiger partial charge >= 0.3 is 0 Å². The highest BCUT2D eigenvalue weighted by Crippen LogP contribution is 1.91. The van der Waals surface area contributed by atoms with Gasteiger partial charge in [0.25, 0.3) is 10.1 Å². The van der Waals surface area contributed by atoms with Gasteiger partial charge < -0.3 is 4.90 Å². The van der Waals surface area contributed by atoms with Gasteiger partial charge in [-0.3, -0.25) is 9.35 Å². The van der Waals surface area contributed by atoms with Crippen molar-refractivity contribution in [3.63, 3.8) is 0 Å². The number of carbonyl (C=O) groups is 1. The molecule has 0 aromatic heterocycles. The summed E-state index contributed by atoms with van der Waals surface area (Å²) in [6, 6.07) is 0. The molecule has 0 saturated heterocycles. The molecule has 0 aliphatic rings. The summed E-state index contributed by atoms with van der Waals surface area (Å²) in [4.78, 5) is 13.0. The van der Waals surface area contributed by atoms with Crippen molar-refractivity contribution in [3.05, 3.63) is 12.7 Å². The predicted molar refractivity (Wildman–Crippen MR) is 74.3 cm³/mol. The van der Waals surface area contributed by atoms with E-state index < -0.39 is 10.1 Å². The molecule has 0 saturated carbocycles. The lowest BCUT2D eigenvalue weighted by Crippen LogP contribution is -2.25. The minimum Gasteiger partial charge on any atom is -0.303 e. The normalized spacial score (nSPS) is 10.7. The zero-order valence-electron chi connectivity index (χ0n) is 11.6. The Labute approximate surface area is 111 Å². The van der Waals surface area contributed by atoms with Crippen LogP contribution in [-0.2, 0) is 14.9 Å². The van der Waals surface area contributed by atoms with Crippen molar-refractivity contribution < 1.29 is 17.8 Å². The summed E-state index contributed by atoms with van der Waals surface area (Å²) in [5, 5.41) is 0. The monoisotopic (exact) mass is 279 g/mol. The fourth-order valence-corrected chi connectivity index (χ4v) is 1.68. The van der Waals surface area contributed by atoms with Gasteiger partial charge in [-0.2, -0.15) is 8.42 Å². The van der Waals surface area contributed by atoms with Crippen LogP contribution in [0.2, 0.25) is 0 Å². The van der Waals surface area contributed by atoms with E-state index in [0.717, 1.165) is 19.6 Å². The molecular weight excluding hydrogens is 254 g/mol. The number of allylic oxidation sites excluding steroid dienone is 1. The maximum absolute atomic E-state index is 10.8. The maximum atomic E-state index is 10.8. The number of rotatable bonds is 8. The summed E-state index contributed by atoms with van der Waals surface area (Å²) < 4.78 is 27.6. The van der Waals surface area contributed by atoms with Crippen LogP contribution in [-0.4, -0.2) is 49.0 Å². The van der Waals surface area contributed by atoms with Crippen LogP contribution in [0.4, 0.5) is 0 Å². The summed E-state index contributed by atoms with van der Waals surface area (Å²) in [7, 11) is -3.67. The molecule has 18 heavy (non-hydrogen) atoms. The van der Waals surface area contributed by atoms with Gasteiger partial charge in [0.2, 0.25) is 0 Å². The first-order valence-electron chi connectivity index (χ1n) is 6.13. The molecular formula is C12H25NO4S. The Morgan fingerprint density at radius 2 is 1.78 bits per heavy atom. The molecule has 0 fully saturated rings. The van der Waals surface area contributed by atoms with Crippen LogP contribution >= 0.6 is 0 Å². The first-order chi connectivity index (χ1) is 8.30. The van der Waals surface area contributed by atoms with Crippen molar-refractivity contribution in [3.8, 4) is 0 Å². The molecule has 0 aromatic carbocycles. The number of hydrogen-bond acceptors (Lipinski definition) is 4. The Morgan fingerprint density at radius 1 is 1.28 bits per heavy atom. The smallest absolute Gasteiger partial charge is 0.264 e. The molecule has 0 aromatic rings. The molecule has 0 aliphatic heterocycles. The Kier molecular flexibility index (Phi) is 12.4. The molecule has 0 rings (SSSR count). The molecule has 6 heteroatoms. The average Bonchev–Trinajstić information content (AvgIpc) is 2.29. The lowest BCUT2D eigenvalue weighted by molar-refractivity contribution is -0.114. The van der Waals surface area contributed by atoms with Crippen LogP contribution in [0.15, 0.2) is 12.7 Å². The minimum absolute atomic E-state index is 0.132. The van der Waals surface area contributed by atoms with Gasteiger partial charge in [0.1, 0.15) is 0 Å². The van der Waals surface area contributed by atoms with Gasteiger partial charge in [0, 0.05) is 13.0 Å². The van der Waals surface area contributed by atoms with Crippen molar-refractivity contribution in [1.82, 2.24) is 4.90 Å². The zero-order chi connectivity index (χ0) is 14.6. The molecule has 0 radical (unpaired) electrons. The zero-order valence-corrected chi connectivity index (χ0v) is 12.4. The van der Waals surface area contributed by atoms with Crippen LogP contribution in [0.1, 0.15) is 33.6 Å². The summed E-state index contributed by atoms with van der Waals surface area (Å²) >= 11 is 0. The molecule has 0 spiro atoms. The number of ketones is 1. The Morgan fingerprint density at radius 3 is 2.00 bits per heavy atom. The van der Waals surface area contributed by atoms with Crippen molar-refractivity contribution in [1.29, 1.82) is 0 Å². The first-order valence-corrected chi connectivity index (χ1v) is 7.74. The SMILES string of the molecule is C=CC(=O)CCN(CC)CC.CCCS(=O)(=O)O. The molecule has 0 aliphatic carbocycles. The number of hydrogen-bond donors (Lipinski definition) is 1. The van der Waals surface area contributed by atoms with Gasteiger partial charge in [-0.1, -0.05) is 27.4 Å². The fraction of sp³-hybridized carbons (Fsp3) is 0.750. The third-order valence-electron chi connectivity index (χ3n) is 2.26. The number of carbonyl (C=O) groups excluding carboxylic acids is 1. The largest absolute Gasteiger partial charge is 0.303 e. The average molecular weight is 279 g/mol. The molecule has 0 heterocycles. The van der Waals surface area contributed by atoms with Crippen molar-refractivity contribution >= 4 is 15.9 Å². The summed E-state index contributed by atoms with van der Waals surface area (Å²) in [6.07, 6.45) is 2.47. The molecule has 1 N–H and O–H groups in total. The van der Waals surface area contributed by atoms with Crippen molar-refractivity contribution in [2.75, 3.05) is 25.4 Å². The van der Waals surface area contributed by atoms with Crippen LogP contribution in [0.3, 0.4) is 0 Å². The van der Waals surface area contributed by atoms with E-state index in [4.69, 9.17) is 4.55 Å². The van der Waals surface area contributed by atoms with Gasteiger partial charge in [0.15, 0.2) is 5.78 Å². The minimum atomic E-state index is -3.67. The second-order valence-corrected chi connectivity index (χ2v) is 5.31. The molecule has 0 unspecified atom stereocenters. The van der Waals surface area contributed by atoms with E-state index in [-0.39, 0.29) is 11.5 Å². The highest BCUT2D eigenvalue weighted by Gasteiger charge is 2.00. The van der Waals surface area contributed by atoms with E-state index in [2.05, 4.69) is 25.3 Å². The van der Waals surface area contributed by atoms with E-state index in [1.165, 1.54) is 6.08 Å². The molecule has 5 nitrogen and oxygen atoms in total. The third-order valence-corrected chi connectivity index (χ3v) is 3.18. The lowest BCUT2D eigenvalue weighted by Gasteiger charge is -2.16. The van der Waals surface area contributed by atoms with Gasteiger partial charge in [-0.05, 0) is 25.6 Å². The third kappa shape index (κ3) is 15.3. The Bertz CT molecular complexity index is 321. The quantitative estimate of drug-likeness (QED) is 0.541. The summed E-state index contributed by atoms with van der Waals surface area (Å²) in [5.74, 6) is 0.00407. The van der Waals surface area contributed by atoms with Crippen LogP contribution in [0.5, 0.6) is 0 Å². The standard InChI is InChI=1S/C9H17NO.C3H8O3S/c1-4-9(11)7-8-10(5-2)6-3;1-2-3-7(4,5)6/h4H,1,5-8H2,2-3H3;2-3H2,1H3,(H,4,5,6). The number of nitrogens with zero attached hydrogens (tertiary/aromatic N) is 1. The van der Waals surface area contributed by atoms with Crippen molar-refractivity contribution in [2.24, 2.45) is 0 Å². The van der Waals surface area contributed by atoms with Gasteiger partial charge in [-0.15, -0.1) is 0 Å². The van der Waals surface area contributed by atoms with E-state index >= 15 is 0 Å². The van der Waals surface area contributed by atoms with Crippen LogP contribution < -0.4 is 0 Å². The lowest BCUT2D eigenvalue weighted by atomic mass is 10.2. The van der Waals surface area contributed by atoms with Crippen LogP contribution in [0, 0.1) is 0 Å². The van der Waals surface area contributed by atoms with Crippen molar-refractivity contribution in [2.45, 2.75) is 33.6 Å². The highest BCUT2D eigenvalue weighted by atomic mass is 32.2. The topological polar surface area (TPSA) is 74.7 Å². The Balaban J connectivity index is 0. The summed E-state index contributed by atoms with van der Waals surface area (Å²) in [6.45, 7) is 12.2. The maximum Gasteiger partial charge on any atom is 0.264 e. The van der Waals surface area contributed by atoms with E-state index in [9.17, 15) is 13.2 Å². The second-order valence-electron chi connectivity index (χ2n) is 3.73. The van der Waals surface area contributed by atoms with E-state index in [1.54, 1.807) is 6.92 Å². The summed E-state index contributed by atoms with van der Waals surface area (Å²) in [5.41, 5.74) is 0. The van der Waals surface area contributed by atoms with Gasteiger partial charge in [0.05, 0.1) is 5.75 Å².